The zero-order valence-corrected chi connectivity index (χ0v) is 22.8. The van der Waals surface area contributed by atoms with Crippen molar-refractivity contribution < 1.29 is 38.6 Å². The Labute approximate surface area is 227 Å². The number of hydrogen-bond acceptors (Lipinski definition) is 8. The van der Waals surface area contributed by atoms with E-state index in [1.54, 1.807) is 58.9 Å². The fourth-order valence-corrected chi connectivity index (χ4v) is 2.88. The zero-order chi connectivity index (χ0) is 29.6. The molecule has 0 saturated heterocycles. The molecule has 7 N–H and O–H groups in total. The summed E-state index contributed by atoms with van der Waals surface area (Å²) in [7, 11) is 0. The first-order valence-electron chi connectivity index (χ1n) is 12.3. The van der Waals surface area contributed by atoms with Gasteiger partial charge in [-0.15, -0.1) is 0 Å². The lowest BCUT2D eigenvalue weighted by atomic mass is 10.0. The summed E-state index contributed by atoms with van der Waals surface area (Å²) in [6.45, 7) is 6.67. The number of anilines is 1. The summed E-state index contributed by atoms with van der Waals surface area (Å²) in [6.07, 6.45) is -0.781. The van der Waals surface area contributed by atoms with Crippen molar-refractivity contribution in [3.05, 3.63) is 29.8 Å². The Hall–Kier alpha value is -4.20. The highest BCUT2D eigenvalue weighted by atomic mass is 16.6. The monoisotopic (exact) mass is 550 g/mol. The first-order valence-corrected chi connectivity index (χ1v) is 12.3. The predicted molar refractivity (Wildman–Crippen MR) is 141 cm³/mol. The highest BCUT2D eigenvalue weighted by Gasteiger charge is 2.24. The van der Waals surface area contributed by atoms with E-state index < -0.39 is 66.9 Å². The molecule has 14 nitrogen and oxygen atoms in total. The molecule has 0 aliphatic carbocycles. The van der Waals surface area contributed by atoms with Gasteiger partial charge in [0.25, 0.3) is 0 Å². The number of aliphatic hydroxyl groups is 1. The van der Waals surface area contributed by atoms with Gasteiger partial charge in [0.1, 0.15) is 18.2 Å². The summed E-state index contributed by atoms with van der Waals surface area (Å²) in [4.78, 5) is 72.2. The lowest BCUT2D eigenvalue weighted by Gasteiger charge is -2.21. The van der Waals surface area contributed by atoms with Crippen LogP contribution < -0.4 is 31.9 Å². The number of carbonyl (C=O) groups excluding carboxylic acids is 6. The third kappa shape index (κ3) is 14.4. The Morgan fingerprint density at radius 1 is 0.769 bits per heavy atom. The zero-order valence-electron chi connectivity index (χ0n) is 22.8. The van der Waals surface area contributed by atoms with Crippen molar-refractivity contribution in [3.8, 4) is 0 Å². The maximum absolute atomic E-state index is 12.6. The Bertz CT molecular complexity index is 1020. The minimum Gasteiger partial charge on any atom is -0.444 e. The standard InChI is InChI=1S/C25H38N6O8/c1-15(2)22(23(37)28-13-20(35)30-17-8-6-16(14-32)7-9-17)31-21(36)12-27-18(33)10-26-19(34)11-29-24(38)39-25(3,4)5/h6-9,15,22,32H,10-14H2,1-5H3,(H,26,34)(H,27,33)(H,28,37)(H,29,38)(H,30,35)(H,31,36)/t22-/m0/s1. The van der Waals surface area contributed by atoms with Crippen molar-refractivity contribution in [2.24, 2.45) is 5.92 Å². The van der Waals surface area contributed by atoms with Crippen molar-refractivity contribution in [2.75, 3.05) is 31.5 Å². The van der Waals surface area contributed by atoms with Gasteiger partial charge in [0.2, 0.25) is 29.5 Å². The van der Waals surface area contributed by atoms with E-state index in [-0.39, 0.29) is 19.1 Å². The molecule has 0 spiro atoms. The Balaban J connectivity index is 2.38. The molecule has 0 bridgehead atoms. The molecule has 1 aromatic rings. The molecule has 39 heavy (non-hydrogen) atoms. The Morgan fingerprint density at radius 2 is 1.28 bits per heavy atom. The molecule has 0 aromatic heterocycles. The van der Waals surface area contributed by atoms with E-state index in [1.165, 1.54) is 0 Å². The van der Waals surface area contributed by atoms with Crippen LogP contribution in [0.25, 0.3) is 0 Å². The molecule has 0 aliphatic rings. The van der Waals surface area contributed by atoms with Gasteiger partial charge in [0, 0.05) is 5.69 Å². The largest absolute Gasteiger partial charge is 0.444 e. The van der Waals surface area contributed by atoms with Gasteiger partial charge >= 0.3 is 6.09 Å². The van der Waals surface area contributed by atoms with Crippen LogP contribution in [0.1, 0.15) is 40.2 Å². The first-order chi connectivity index (χ1) is 18.2. The van der Waals surface area contributed by atoms with Gasteiger partial charge in [0.05, 0.1) is 26.2 Å². The van der Waals surface area contributed by atoms with Crippen molar-refractivity contribution in [1.82, 2.24) is 26.6 Å². The van der Waals surface area contributed by atoms with E-state index in [0.717, 1.165) is 0 Å². The van der Waals surface area contributed by atoms with Gasteiger partial charge in [0.15, 0.2) is 0 Å². The summed E-state index contributed by atoms with van der Waals surface area (Å²) >= 11 is 0. The number of rotatable bonds is 13. The topological polar surface area (TPSA) is 204 Å². The quantitative estimate of drug-likeness (QED) is 0.164. The summed E-state index contributed by atoms with van der Waals surface area (Å²) in [5.41, 5.74) is 0.455. The highest BCUT2D eigenvalue weighted by molar-refractivity contribution is 5.96. The molecule has 6 amide bonds. The van der Waals surface area contributed by atoms with Gasteiger partial charge in [-0.3, -0.25) is 24.0 Å². The molecule has 0 fully saturated rings. The maximum Gasteiger partial charge on any atom is 0.408 e. The van der Waals surface area contributed by atoms with Crippen LogP contribution in [0.2, 0.25) is 0 Å². The summed E-state index contributed by atoms with van der Waals surface area (Å²) < 4.78 is 4.99. The second-order valence-corrected chi connectivity index (χ2v) is 9.82. The molecule has 0 aliphatic heterocycles. The van der Waals surface area contributed by atoms with E-state index >= 15 is 0 Å². The first kappa shape index (κ1) is 32.8. The van der Waals surface area contributed by atoms with Crippen LogP contribution >= 0.6 is 0 Å². The van der Waals surface area contributed by atoms with Crippen LogP contribution in [-0.4, -0.2) is 78.6 Å². The summed E-state index contributed by atoms with van der Waals surface area (Å²) in [5, 5.41) is 23.5. The summed E-state index contributed by atoms with van der Waals surface area (Å²) in [6, 6.07) is 5.56. The molecule has 0 heterocycles. The van der Waals surface area contributed by atoms with Gasteiger partial charge in [-0.1, -0.05) is 26.0 Å². The highest BCUT2D eigenvalue weighted by Crippen LogP contribution is 2.09. The van der Waals surface area contributed by atoms with Gasteiger partial charge in [-0.05, 0) is 44.4 Å². The molecule has 1 rings (SSSR count). The average molecular weight is 551 g/mol. The number of aliphatic hydroxyl groups excluding tert-OH is 1. The van der Waals surface area contributed by atoms with Crippen molar-refractivity contribution in [2.45, 2.75) is 52.9 Å². The maximum atomic E-state index is 12.6. The Kier molecular flexibility index (Phi) is 13.4. The number of ether oxygens (including phenoxy) is 1. The van der Waals surface area contributed by atoms with Crippen LogP contribution in [0.5, 0.6) is 0 Å². The van der Waals surface area contributed by atoms with Crippen LogP contribution in [0.15, 0.2) is 24.3 Å². The smallest absolute Gasteiger partial charge is 0.408 e. The van der Waals surface area contributed by atoms with Crippen LogP contribution in [0.4, 0.5) is 10.5 Å². The minimum absolute atomic E-state index is 0.123. The lowest BCUT2D eigenvalue weighted by Crippen LogP contribution is -2.53. The molecular formula is C25H38N6O8. The second-order valence-electron chi connectivity index (χ2n) is 9.82. The number of hydrogen-bond donors (Lipinski definition) is 7. The van der Waals surface area contributed by atoms with E-state index in [4.69, 9.17) is 9.84 Å². The van der Waals surface area contributed by atoms with Crippen molar-refractivity contribution >= 4 is 41.3 Å². The number of benzene rings is 1. The average Bonchev–Trinajstić information content (AvgIpc) is 2.86. The minimum atomic E-state index is -0.968. The second kappa shape index (κ2) is 15.9. The third-order valence-corrected chi connectivity index (χ3v) is 4.79. The normalized spacial score (nSPS) is 11.6. The number of carbonyl (C=O) groups is 6. The molecule has 0 radical (unpaired) electrons. The molecule has 1 atom stereocenters. The fraction of sp³-hybridized carbons (Fsp3) is 0.520. The van der Waals surface area contributed by atoms with Crippen LogP contribution in [0, 0.1) is 5.92 Å². The number of nitrogens with one attached hydrogen (secondary N) is 6. The van der Waals surface area contributed by atoms with E-state index in [1.807, 2.05) is 0 Å². The SMILES string of the molecule is CC(C)[C@H](NC(=O)CNC(=O)CNC(=O)CNC(=O)OC(C)(C)C)C(=O)NCC(=O)Nc1ccc(CO)cc1. The molecule has 0 saturated carbocycles. The molecule has 14 heteroatoms. The molecule has 0 unspecified atom stereocenters. The lowest BCUT2D eigenvalue weighted by molar-refractivity contribution is -0.131. The van der Waals surface area contributed by atoms with E-state index in [0.29, 0.717) is 11.3 Å². The fourth-order valence-electron chi connectivity index (χ4n) is 2.88. The van der Waals surface area contributed by atoms with E-state index in [9.17, 15) is 28.8 Å². The summed E-state index contributed by atoms with van der Waals surface area (Å²) in [5.74, 6) is -3.34. The van der Waals surface area contributed by atoms with Gasteiger partial charge in [-0.25, -0.2) is 4.79 Å². The van der Waals surface area contributed by atoms with Crippen molar-refractivity contribution in [1.29, 1.82) is 0 Å². The third-order valence-electron chi connectivity index (χ3n) is 4.79. The van der Waals surface area contributed by atoms with Crippen LogP contribution in [-0.2, 0) is 35.3 Å². The number of amides is 6. The number of alkyl carbamates (subject to hydrolysis) is 1. The van der Waals surface area contributed by atoms with E-state index in [2.05, 4.69) is 31.9 Å². The molecule has 1 aromatic carbocycles. The van der Waals surface area contributed by atoms with Gasteiger partial charge in [-0.2, -0.15) is 0 Å². The van der Waals surface area contributed by atoms with Crippen LogP contribution in [0.3, 0.4) is 0 Å². The molecule has 216 valence electrons. The predicted octanol–water partition coefficient (Wildman–Crippen LogP) is -0.868. The van der Waals surface area contributed by atoms with Gasteiger partial charge < -0.3 is 41.7 Å². The van der Waals surface area contributed by atoms with Crippen molar-refractivity contribution in [3.63, 3.8) is 0 Å². The molecular weight excluding hydrogens is 512 g/mol. The Morgan fingerprint density at radius 3 is 1.79 bits per heavy atom.